The van der Waals surface area contributed by atoms with Crippen molar-refractivity contribution in [2.24, 2.45) is 4.99 Å². The molecular weight excluding hydrogens is 464 g/mol. The molecule has 0 spiro atoms. The van der Waals surface area contributed by atoms with Gasteiger partial charge in [-0.05, 0) is 63.6 Å². The van der Waals surface area contributed by atoms with Gasteiger partial charge in [0.15, 0.2) is 16.7 Å². The Balaban J connectivity index is 1.88. The monoisotopic (exact) mass is 476 g/mol. The molecule has 1 saturated heterocycles. The number of amides is 1. The van der Waals surface area contributed by atoms with Gasteiger partial charge in [0.25, 0.3) is 5.91 Å². The zero-order valence-corrected chi connectivity index (χ0v) is 17.8. The zero-order chi connectivity index (χ0) is 20.1. The van der Waals surface area contributed by atoms with Gasteiger partial charge in [0, 0.05) is 0 Å². The van der Waals surface area contributed by atoms with Crippen LogP contribution in [0.3, 0.4) is 0 Å². The van der Waals surface area contributed by atoms with Gasteiger partial charge >= 0.3 is 0 Å². The van der Waals surface area contributed by atoms with Gasteiger partial charge in [0.05, 0.1) is 27.2 Å². The van der Waals surface area contributed by atoms with E-state index in [0.29, 0.717) is 36.8 Å². The quantitative estimate of drug-likeness (QED) is 0.485. The van der Waals surface area contributed by atoms with Crippen molar-refractivity contribution in [1.29, 1.82) is 0 Å². The smallest absolute Gasteiger partial charge is 0.264 e. The van der Waals surface area contributed by atoms with Crippen LogP contribution in [0.1, 0.15) is 5.56 Å². The molecule has 0 aliphatic carbocycles. The van der Waals surface area contributed by atoms with E-state index in [9.17, 15) is 4.79 Å². The SMILES string of the molecule is C#CCOc1c(Br)cc(/C=C2\SC(=Nc3ccccc3Cl)NC2=O)cc1OC. The number of carbonyl (C=O) groups excluding carboxylic acids is 1. The summed E-state index contributed by atoms with van der Waals surface area (Å²) in [5.74, 6) is 3.19. The average Bonchev–Trinajstić information content (AvgIpc) is 3.01. The Kier molecular flexibility index (Phi) is 6.68. The van der Waals surface area contributed by atoms with Crippen LogP contribution in [0, 0.1) is 12.3 Å². The van der Waals surface area contributed by atoms with E-state index in [1.807, 2.05) is 18.2 Å². The predicted octanol–water partition coefficient (Wildman–Crippen LogP) is 5.01. The molecule has 5 nitrogen and oxygen atoms in total. The van der Waals surface area contributed by atoms with Gasteiger partial charge in [-0.15, -0.1) is 6.42 Å². The molecule has 0 unspecified atom stereocenters. The normalized spacial score (nSPS) is 16.1. The van der Waals surface area contributed by atoms with Gasteiger partial charge in [-0.3, -0.25) is 4.79 Å². The number of methoxy groups -OCH3 is 1. The Morgan fingerprint density at radius 3 is 2.89 bits per heavy atom. The topological polar surface area (TPSA) is 59.9 Å². The van der Waals surface area contributed by atoms with Gasteiger partial charge in [-0.2, -0.15) is 0 Å². The fourth-order valence-corrected chi connectivity index (χ4v) is 3.95. The average molecular weight is 478 g/mol. The van der Waals surface area contributed by atoms with Crippen LogP contribution in [-0.4, -0.2) is 24.8 Å². The Bertz CT molecular complexity index is 1030. The minimum absolute atomic E-state index is 0.121. The van der Waals surface area contributed by atoms with Crippen LogP contribution >= 0.6 is 39.3 Å². The van der Waals surface area contributed by atoms with Crippen molar-refractivity contribution >= 4 is 62.1 Å². The summed E-state index contributed by atoms with van der Waals surface area (Å²) in [4.78, 5) is 17.2. The minimum Gasteiger partial charge on any atom is -0.493 e. The third kappa shape index (κ3) is 4.71. The fraction of sp³-hybridized carbons (Fsp3) is 0.100. The second kappa shape index (κ2) is 9.20. The van der Waals surface area contributed by atoms with Gasteiger partial charge in [-0.1, -0.05) is 29.7 Å². The van der Waals surface area contributed by atoms with E-state index in [0.717, 1.165) is 5.56 Å². The third-order valence-electron chi connectivity index (χ3n) is 3.57. The first-order valence-electron chi connectivity index (χ1n) is 7.99. The van der Waals surface area contributed by atoms with Crippen molar-refractivity contribution in [2.45, 2.75) is 0 Å². The van der Waals surface area contributed by atoms with E-state index in [2.05, 4.69) is 32.2 Å². The van der Waals surface area contributed by atoms with Crippen LogP contribution in [0.2, 0.25) is 5.02 Å². The Morgan fingerprint density at radius 1 is 1.39 bits per heavy atom. The van der Waals surface area contributed by atoms with Gasteiger partial charge in [0.1, 0.15) is 6.61 Å². The van der Waals surface area contributed by atoms with Crippen molar-refractivity contribution in [2.75, 3.05) is 13.7 Å². The summed E-state index contributed by atoms with van der Waals surface area (Å²) in [7, 11) is 1.53. The molecule has 0 radical (unpaired) electrons. The summed E-state index contributed by atoms with van der Waals surface area (Å²) in [6.07, 6.45) is 6.99. The zero-order valence-electron chi connectivity index (χ0n) is 14.7. The summed E-state index contributed by atoms with van der Waals surface area (Å²) in [5, 5.41) is 3.71. The summed E-state index contributed by atoms with van der Waals surface area (Å²) in [5.41, 5.74) is 1.35. The molecule has 1 N–H and O–H groups in total. The molecule has 2 aromatic carbocycles. The number of nitrogens with zero attached hydrogens (tertiary/aromatic N) is 1. The molecule has 0 atom stereocenters. The van der Waals surface area contributed by atoms with Crippen molar-refractivity contribution in [1.82, 2.24) is 5.32 Å². The molecule has 1 amide bonds. The number of ether oxygens (including phenoxy) is 2. The fourth-order valence-electron chi connectivity index (χ4n) is 2.36. The second-order valence-corrected chi connectivity index (χ2v) is 7.75. The first-order valence-corrected chi connectivity index (χ1v) is 9.98. The van der Waals surface area contributed by atoms with Crippen molar-refractivity contribution < 1.29 is 14.3 Å². The number of hydrogen-bond acceptors (Lipinski definition) is 5. The number of para-hydroxylation sites is 1. The summed E-state index contributed by atoms with van der Waals surface area (Å²) in [6.45, 7) is 0.121. The highest BCUT2D eigenvalue weighted by Crippen LogP contribution is 2.38. The van der Waals surface area contributed by atoms with Crippen molar-refractivity contribution in [3.63, 3.8) is 0 Å². The number of carbonyl (C=O) groups is 1. The standard InChI is InChI=1S/C20H14BrClN2O3S/c1-3-8-27-18-13(21)9-12(10-16(18)26-2)11-17-19(25)24-20(28-17)23-15-7-5-4-6-14(15)22/h1,4-7,9-11H,8H2,2H3,(H,23,24,25)/b17-11-. The maximum atomic E-state index is 12.3. The third-order valence-corrected chi connectivity index (χ3v) is 5.39. The van der Waals surface area contributed by atoms with Crippen LogP contribution in [0.15, 0.2) is 50.8 Å². The number of hydrogen-bond donors (Lipinski definition) is 1. The number of aliphatic imine (C=N–C) groups is 1. The number of nitrogens with one attached hydrogen (secondary N) is 1. The highest BCUT2D eigenvalue weighted by atomic mass is 79.9. The van der Waals surface area contributed by atoms with Gasteiger partial charge < -0.3 is 14.8 Å². The second-order valence-electron chi connectivity index (χ2n) is 5.46. The summed E-state index contributed by atoms with van der Waals surface area (Å²) < 4.78 is 11.5. The lowest BCUT2D eigenvalue weighted by molar-refractivity contribution is -0.115. The highest BCUT2D eigenvalue weighted by molar-refractivity contribution is 9.10. The molecule has 28 heavy (non-hydrogen) atoms. The van der Waals surface area contributed by atoms with E-state index >= 15 is 0 Å². The van der Waals surface area contributed by atoms with E-state index < -0.39 is 0 Å². The van der Waals surface area contributed by atoms with Crippen LogP contribution in [0.5, 0.6) is 11.5 Å². The van der Waals surface area contributed by atoms with Crippen molar-refractivity contribution in [3.05, 3.63) is 56.4 Å². The number of terminal acetylenes is 1. The number of rotatable bonds is 5. The van der Waals surface area contributed by atoms with Gasteiger partial charge in [0.2, 0.25) is 0 Å². The van der Waals surface area contributed by atoms with Gasteiger partial charge in [-0.25, -0.2) is 4.99 Å². The van der Waals surface area contributed by atoms with E-state index in [4.69, 9.17) is 27.5 Å². The molecule has 0 aromatic heterocycles. The van der Waals surface area contributed by atoms with E-state index in [-0.39, 0.29) is 12.5 Å². The van der Waals surface area contributed by atoms with Crippen LogP contribution in [0.4, 0.5) is 5.69 Å². The Morgan fingerprint density at radius 2 is 2.18 bits per heavy atom. The van der Waals surface area contributed by atoms with Crippen LogP contribution in [0.25, 0.3) is 6.08 Å². The number of amidine groups is 1. The first kappa shape index (κ1) is 20.3. The lowest BCUT2D eigenvalue weighted by Gasteiger charge is -2.12. The molecule has 0 bridgehead atoms. The molecule has 8 heteroatoms. The maximum Gasteiger partial charge on any atom is 0.264 e. The predicted molar refractivity (Wildman–Crippen MR) is 117 cm³/mol. The van der Waals surface area contributed by atoms with Crippen LogP contribution < -0.4 is 14.8 Å². The van der Waals surface area contributed by atoms with Crippen molar-refractivity contribution in [3.8, 4) is 23.8 Å². The number of halogens is 2. The summed E-state index contributed by atoms with van der Waals surface area (Å²) >= 11 is 10.8. The highest BCUT2D eigenvalue weighted by Gasteiger charge is 2.24. The van der Waals surface area contributed by atoms with Crippen LogP contribution in [-0.2, 0) is 4.79 Å². The van der Waals surface area contributed by atoms with E-state index in [1.165, 1.54) is 18.9 Å². The minimum atomic E-state index is -0.237. The molecule has 3 rings (SSSR count). The Hall–Kier alpha value is -2.40. The molecular formula is C20H14BrClN2O3S. The lowest BCUT2D eigenvalue weighted by atomic mass is 10.2. The number of thioether (sulfide) groups is 1. The largest absolute Gasteiger partial charge is 0.493 e. The first-order chi connectivity index (χ1) is 13.5. The summed E-state index contributed by atoms with van der Waals surface area (Å²) in [6, 6.07) is 10.8. The molecule has 1 heterocycles. The Labute approximate surface area is 180 Å². The molecule has 1 aliphatic rings. The van der Waals surface area contributed by atoms with E-state index in [1.54, 1.807) is 24.3 Å². The molecule has 1 aliphatic heterocycles. The molecule has 2 aromatic rings. The molecule has 142 valence electrons. The maximum absolute atomic E-state index is 12.3. The molecule has 0 saturated carbocycles. The number of benzene rings is 2. The lowest BCUT2D eigenvalue weighted by Crippen LogP contribution is -2.19. The molecule has 1 fully saturated rings.